The minimum Gasteiger partial charge on any atom is -0.507 e. The Kier molecular flexibility index (Phi) is 3.08. The quantitative estimate of drug-likeness (QED) is 0.924. The van der Waals surface area contributed by atoms with Crippen molar-refractivity contribution in [2.75, 3.05) is 6.54 Å². The summed E-state index contributed by atoms with van der Waals surface area (Å²) in [4.78, 5) is 1.23. The zero-order valence-corrected chi connectivity index (χ0v) is 11.7. The predicted molar refractivity (Wildman–Crippen MR) is 73.7 cm³/mol. The highest BCUT2D eigenvalue weighted by atomic mass is 32.2. The third kappa shape index (κ3) is 2.16. The van der Waals surface area contributed by atoms with Crippen molar-refractivity contribution in [1.29, 1.82) is 0 Å². The van der Waals surface area contributed by atoms with Crippen LogP contribution in [-0.4, -0.2) is 24.4 Å². The Hall–Kier alpha value is -1.37. The lowest BCUT2D eigenvalue weighted by molar-refractivity contribution is 0.388. The van der Waals surface area contributed by atoms with Gasteiger partial charge in [0, 0.05) is 18.0 Å². The third-order valence-corrected chi connectivity index (χ3v) is 6.17. The van der Waals surface area contributed by atoms with Gasteiger partial charge in [-0.15, -0.1) is 11.3 Å². The number of fused-ring (bicyclic) bond motifs is 1. The zero-order valence-electron chi connectivity index (χ0n) is 10.1. The minimum absolute atomic E-state index is 0.0197. The van der Waals surface area contributed by atoms with Crippen molar-refractivity contribution < 1.29 is 13.5 Å². The first-order valence-electron chi connectivity index (χ1n) is 5.92. The Balaban J connectivity index is 1.97. The Morgan fingerprint density at radius 3 is 2.79 bits per heavy atom. The molecule has 0 bridgehead atoms. The van der Waals surface area contributed by atoms with Crippen LogP contribution < -0.4 is 0 Å². The first-order valence-corrected chi connectivity index (χ1v) is 8.24. The van der Waals surface area contributed by atoms with Crippen molar-refractivity contribution in [2.24, 2.45) is 0 Å². The molecule has 1 aliphatic heterocycles. The zero-order chi connectivity index (χ0) is 13.5. The van der Waals surface area contributed by atoms with Crippen LogP contribution in [0.2, 0.25) is 0 Å². The van der Waals surface area contributed by atoms with Gasteiger partial charge in [0.15, 0.2) is 0 Å². The molecule has 0 saturated heterocycles. The first-order chi connectivity index (χ1) is 9.09. The number of nitrogens with zero attached hydrogens (tertiary/aromatic N) is 1. The average Bonchev–Trinajstić information content (AvgIpc) is 2.86. The van der Waals surface area contributed by atoms with E-state index in [0.717, 1.165) is 12.0 Å². The number of rotatable bonds is 2. The normalized spacial score (nSPS) is 16.2. The summed E-state index contributed by atoms with van der Waals surface area (Å²) in [5, 5.41) is 11.7. The Bertz CT molecular complexity index is 706. The molecule has 0 fully saturated rings. The summed E-state index contributed by atoms with van der Waals surface area (Å²) in [6, 6.07) is 8.03. The summed E-state index contributed by atoms with van der Waals surface area (Å²) in [6.07, 6.45) is 0.736. The molecule has 19 heavy (non-hydrogen) atoms. The van der Waals surface area contributed by atoms with Gasteiger partial charge < -0.3 is 5.11 Å². The van der Waals surface area contributed by atoms with Gasteiger partial charge in [0.05, 0.1) is 0 Å². The van der Waals surface area contributed by atoms with Crippen LogP contribution in [0, 0.1) is 0 Å². The summed E-state index contributed by atoms with van der Waals surface area (Å²) in [5.74, 6) is -0.196. The van der Waals surface area contributed by atoms with Crippen molar-refractivity contribution in [1.82, 2.24) is 4.31 Å². The Morgan fingerprint density at radius 2 is 2.00 bits per heavy atom. The molecule has 0 unspecified atom stereocenters. The Morgan fingerprint density at radius 1 is 1.21 bits per heavy atom. The summed E-state index contributed by atoms with van der Waals surface area (Å²) in [5.41, 5.74) is 1.07. The largest absolute Gasteiger partial charge is 0.507 e. The van der Waals surface area contributed by atoms with E-state index >= 15 is 0 Å². The highest BCUT2D eigenvalue weighted by molar-refractivity contribution is 7.89. The highest BCUT2D eigenvalue weighted by Gasteiger charge is 2.30. The van der Waals surface area contributed by atoms with E-state index in [1.54, 1.807) is 23.5 Å². The lowest BCUT2D eigenvalue weighted by Gasteiger charge is -2.26. The van der Waals surface area contributed by atoms with Gasteiger partial charge in [-0.1, -0.05) is 12.1 Å². The number of hydrogen-bond acceptors (Lipinski definition) is 4. The minimum atomic E-state index is -3.63. The second-order valence-corrected chi connectivity index (χ2v) is 7.33. The molecule has 1 aromatic heterocycles. The molecule has 0 aliphatic carbocycles. The molecule has 0 spiro atoms. The molecular formula is C13H13NO3S2. The predicted octanol–water partition coefficient (Wildman–Crippen LogP) is 2.20. The van der Waals surface area contributed by atoms with E-state index < -0.39 is 10.0 Å². The van der Waals surface area contributed by atoms with E-state index in [2.05, 4.69) is 0 Å². The van der Waals surface area contributed by atoms with Crippen LogP contribution in [0.4, 0.5) is 0 Å². The molecule has 2 heterocycles. The number of para-hydroxylation sites is 1. The summed E-state index contributed by atoms with van der Waals surface area (Å²) < 4.78 is 26.4. The highest BCUT2D eigenvalue weighted by Crippen LogP contribution is 2.30. The van der Waals surface area contributed by atoms with E-state index in [9.17, 15) is 13.5 Å². The molecule has 0 amide bonds. The summed E-state index contributed by atoms with van der Waals surface area (Å²) in [7, 11) is -3.63. The molecule has 6 heteroatoms. The second kappa shape index (κ2) is 4.63. The van der Waals surface area contributed by atoms with Crippen LogP contribution in [0.3, 0.4) is 0 Å². The lowest BCUT2D eigenvalue weighted by atomic mass is 10.1. The summed E-state index contributed by atoms with van der Waals surface area (Å²) in [6.45, 7) is 0.847. The second-order valence-electron chi connectivity index (χ2n) is 4.43. The van der Waals surface area contributed by atoms with Gasteiger partial charge in [0.25, 0.3) is 0 Å². The van der Waals surface area contributed by atoms with Crippen molar-refractivity contribution >= 4 is 21.4 Å². The van der Waals surface area contributed by atoms with E-state index in [1.807, 2.05) is 11.4 Å². The Labute approximate surface area is 116 Å². The van der Waals surface area contributed by atoms with E-state index in [-0.39, 0.29) is 10.6 Å². The molecule has 3 rings (SSSR count). The fraction of sp³-hybridized carbons (Fsp3) is 0.231. The van der Waals surface area contributed by atoms with Crippen LogP contribution in [-0.2, 0) is 23.0 Å². The fourth-order valence-electron chi connectivity index (χ4n) is 2.24. The van der Waals surface area contributed by atoms with Gasteiger partial charge in [-0.3, -0.25) is 0 Å². The van der Waals surface area contributed by atoms with Crippen LogP contribution in [0.15, 0.2) is 40.6 Å². The van der Waals surface area contributed by atoms with Gasteiger partial charge in [0.2, 0.25) is 10.0 Å². The van der Waals surface area contributed by atoms with Crippen LogP contribution in [0.5, 0.6) is 5.75 Å². The maximum atomic E-state index is 12.5. The van der Waals surface area contributed by atoms with Crippen molar-refractivity contribution in [3.63, 3.8) is 0 Å². The molecule has 4 nitrogen and oxygen atoms in total. The fourth-order valence-corrected chi connectivity index (χ4v) is 4.63. The molecule has 1 N–H and O–H groups in total. The standard InChI is InChI=1S/C13H13NO3S2/c15-11-3-1-2-4-13(11)19(16,17)14-7-5-12-10(9-14)6-8-18-12/h1-4,6,8,15H,5,7,9H2. The van der Waals surface area contributed by atoms with Crippen LogP contribution >= 0.6 is 11.3 Å². The van der Waals surface area contributed by atoms with Gasteiger partial charge >= 0.3 is 0 Å². The van der Waals surface area contributed by atoms with Crippen molar-refractivity contribution in [3.8, 4) is 5.75 Å². The molecular weight excluding hydrogens is 282 g/mol. The number of hydrogen-bond donors (Lipinski definition) is 1. The van der Waals surface area contributed by atoms with Gasteiger partial charge in [0.1, 0.15) is 10.6 Å². The maximum absolute atomic E-state index is 12.5. The number of sulfonamides is 1. The molecule has 100 valence electrons. The number of aromatic hydroxyl groups is 1. The SMILES string of the molecule is O=S(=O)(c1ccccc1O)N1CCc2sccc2C1. The summed E-state index contributed by atoms with van der Waals surface area (Å²) >= 11 is 1.67. The molecule has 0 atom stereocenters. The first kappa shape index (κ1) is 12.7. The van der Waals surface area contributed by atoms with Crippen molar-refractivity contribution in [2.45, 2.75) is 17.9 Å². The van der Waals surface area contributed by atoms with E-state index in [1.165, 1.54) is 21.3 Å². The smallest absolute Gasteiger partial charge is 0.247 e. The van der Waals surface area contributed by atoms with E-state index in [4.69, 9.17) is 0 Å². The number of benzene rings is 1. The molecule has 0 saturated carbocycles. The topological polar surface area (TPSA) is 57.6 Å². The van der Waals surface area contributed by atoms with Gasteiger partial charge in [-0.2, -0.15) is 4.31 Å². The number of phenols is 1. The number of phenolic OH excluding ortho intramolecular Hbond substituents is 1. The van der Waals surface area contributed by atoms with Gasteiger partial charge in [-0.05, 0) is 35.6 Å². The lowest BCUT2D eigenvalue weighted by Crippen LogP contribution is -2.35. The average molecular weight is 295 g/mol. The monoisotopic (exact) mass is 295 g/mol. The molecule has 0 radical (unpaired) electrons. The van der Waals surface area contributed by atoms with E-state index in [0.29, 0.717) is 13.1 Å². The number of thiophene rings is 1. The molecule has 1 aliphatic rings. The van der Waals surface area contributed by atoms with Crippen LogP contribution in [0.1, 0.15) is 10.4 Å². The van der Waals surface area contributed by atoms with Gasteiger partial charge in [-0.25, -0.2) is 8.42 Å². The van der Waals surface area contributed by atoms with Crippen LogP contribution in [0.25, 0.3) is 0 Å². The van der Waals surface area contributed by atoms with Crippen molar-refractivity contribution in [3.05, 3.63) is 46.2 Å². The maximum Gasteiger partial charge on any atom is 0.247 e. The third-order valence-electron chi connectivity index (χ3n) is 3.26. The molecule has 2 aromatic rings. The molecule has 1 aromatic carbocycles.